The molecular weight excluding hydrogens is 268 g/mol. The molecule has 0 aromatic heterocycles. The standard InChI is InChI=1S/C11H20N4O5/c1-11(7(17)5-16)9(20)14-10(15-11)13-4-2-3-6(12)8(18)19/h6-7,16-17H,2-5,12H2,1H3,(H,18,19)(H2,13,14,15,20). The van der Waals surface area contributed by atoms with E-state index in [0.717, 1.165) is 0 Å². The molecule has 1 amide bonds. The van der Waals surface area contributed by atoms with Crippen LogP contribution in [0.3, 0.4) is 0 Å². The molecule has 0 aliphatic carbocycles. The number of carbonyl (C=O) groups is 2. The molecule has 0 aromatic carbocycles. The van der Waals surface area contributed by atoms with Crippen LogP contribution in [0, 0.1) is 0 Å². The highest BCUT2D eigenvalue weighted by Gasteiger charge is 2.46. The Kier molecular flexibility index (Phi) is 5.43. The van der Waals surface area contributed by atoms with Gasteiger partial charge in [-0.2, -0.15) is 0 Å². The molecule has 1 fully saturated rings. The highest BCUT2D eigenvalue weighted by atomic mass is 16.4. The lowest BCUT2D eigenvalue weighted by atomic mass is 9.96. The summed E-state index contributed by atoms with van der Waals surface area (Å²) in [6, 6.07) is -0.928. The summed E-state index contributed by atoms with van der Waals surface area (Å²) in [5.41, 5.74) is 4.01. The molecule has 0 radical (unpaired) electrons. The first-order valence-electron chi connectivity index (χ1n) is 6.22. The van der Waals surface area contributed by atoms with E-state index in [2.05, 4.69) is 15.6 Å². The van der Waals surface area contributed by atoms with Gasteiger partial charge in [0.25, 0.3) is 5.91 Å². The number of nitrogens with zero attached hydrogens (tertiary/aromatic N) is 1. The Morgan fingerprint density at radius 2 is 2.20 bits per heavy atom. The van der Waals surface area contributed by atoms with E-state index in [0.29, 0.717) is 6.42 Å². The van der Waals surface area contributed by atoms with Crippen LogP contribution in [0.2, 0.25) is 0 Å². The molecule has 20 heavy (non-hydrogen) atoms. The summed E-state index contributed by atoms with van der Waals surface area (Å²) in [5, 5.41) is 32.3. The maximum absolute atomic E-state index is 11.7. The molecule has 0 bridgehead atoms. The van der Waals surface area contributed by atoms with Crippen molar-refractivity contribution in [1.29, 1.82) is 0 Å². The van der Waals surface area contributed by atoms with Gasteiger partial charge in [0, 0.05) is 6.54 Å². The minimum Gasteiger partial charge on any atom is -0.480 e. The van der Waals surface area contributed by atoms with Crippen molar-refractivity contribution < 1.29 is 24.9 Å². The van der Waals surface area contributed by atoms with Crippen molar-refractivity contribution in [3.8, 4) is 0 Å². The minimum absolute atomic E-state index is 0.189. The van der Waals surface area contributed by atoms with E-state index in [9.17, 15) is 14.7 Å². The number of carboxylic acids is 1. The van der Waals surface area contributed by atoms with Gasteiger partial charge in [-0.15, -0.1) is 0 Å². The molecule has 0 aromatic rings. The molecular formula is C11H20N4O5. The first-order chi connectivity index (χ1) is 9.31. The van der Waals surface area contributed by atoms with Crippen molar-refractivity contribution in [2.24, 2.45) is 10.7 Å². The number of nitrogens with one attached hydrogen (secondary N) is 2. The van der Waals surface area contributed by atoms with Crippen LogP contribution in [0.4, 0.5) is 0 Å². The lowest BCUT2D eigenvalue weighted by molar-refractivity contribution is -0.138. The molecule has 3 atom stereocenters. The second kappa shape index (κ2) is 6.64. The van der Waals surface area contributed by atoms with Crippen LogP contribution in [0.15, 0.2) is 4.99 Å². The van der Waals surface area contributed by atoms with E-state index < -0.39 is 36.2 Å². The van der Waals surface area contributed by atoms with E-state index in [1.807, 2.05) is 0 Å². The van der Waals surface area contributed by atoms with Crippen molar-refractivity contribution in [2.45, 2.75) is 37.5 Å². The third kappa shape index (κ3) is 3.65. The van der Waals surface area contributed by atoms with Crippen molar-refractivity contribution in [3.05, 3.63) is 0 Å². The number of rotatable bonds is 7. The van der Waals surface area contributed by atoms with Crippen molar-refractivity contribution in [2.75, 3.05) is 13.2 Å². The maximum Gasteiger partial charge on any atom is 0.320 e. The first-order valence-corrected chi connectivity index (χ1v) is 6.22. The maximum atomic E-state index is 11.7. The van der Waals surface area contributed by atoms with Crippen molar-refractivity contribution >= 4 is 17.8 Å². The number of amides is 1. The Balaban J connectivity index is 2.49. The minimum atomic E-state index is -1.33. The zero-order valence-electron chi connectivity index (χ0n) is 11.2. The number of carbonyl (C=O) groups excluding carboxylic acids is 1. The van der Waals surface area contributed by atoms with Gasteiger partial charge in [0.15, 0.2) is 5.96 Å². The predicted octanol–water partition coefficient (Wildman–Crippen LogP) is -2.63. The van der Waals surface area contributed by atoms with Gasteiger partial charge in [0.1, 0.15) is 17.7 Å². The van der Waals surface area contributed by atoms with Gasteiger partial charge in [-0.05, 0) is 19.8 Å². The first kappa shape index (κ1) is 16.3. The van der Waals surface area contributed by atoms with E-state index in [1.54, 1.807) is 0 Å². The van der Waals surface area contributed by atoms with Crippen LogP contribution < -0.4 is 16.4 Å². The Morgan fingerprint density at radius 3 is 2.75 bits per heavy atom. The highest BCUT2D eigenvalue weighted by Crippen LogP contribution is 2.14. The second-order valence-corrected chi connectivity index (χ2v) is 4.80. The summed E-state index contributed by atoms with van der Waals surface area (Å²) in [5.74, 6) is -1.36. The van der Waals surface area contributed by atoms with Crippen LogP contribution in [0.25, 0.3) is 0 Å². The van der Waals surface area contributed by atoms with Gasteiger partial charge in [-0.3, -0.25) is 19.9 Å². The van der Waals surface area contributed by atoms with Crippen LogP contribution in [-0.2, 0) is 9.59 Å². The molecule has 9 nitrogen and oxygen atoms in total. The van der Waals surface area contributed by atoms with Crippen molar-refractivity contribution in [3.63, 3.8) is 0 Å². The van der Waals surface area contributed by atoms with Crippen LogP contribution in [0.5, 0.6) is 0 Å². The quantitative estimate of drug-likeness (QED) is 0.280. The zero-order chi connectivity index (χ0) is 15.3. The number of hydrogen-bond donors (Lipinski definition) is 6. The summed E-state index contributed by atoms with van der Waals surface area (Å²) >= 11 is 0. The fraction of sp³-hybridized carbons (Fsp3) is 0.727. The molecule has 1 rings (SSSR count). The number of aliphatic hydroxyl groups is 2. The Morgan fingerprint density at radius 1 is 1.55 bits per heavy atom. The van der Waals surface area contributed by atoms with Gasteiger partial charge in [-0.25, -0.2) is 0 Å². The smallest absolute Gasteiger partial charge is 0.320 e. The van der Waals surface area contributed by atoms with Crippen LogP contribution in [-0.4, -0.2) is 64.0 Å². The Hall–Kier alpha value is -1.71. The van der Waals surface area contributed by atoms with Gasteiger partial charge in [-0.1, -0.05) is 0 Å². The van der Waals surface area contributed by atoms with E-state index in [1.165, 1.54) is 6.92 Å². The normalized spacial score (nSPS) is 27.0. The number of aliphatic carboxylic acids is 1. The van der Waals surface area contributed by atoms with Gasteiger partial charge >= 0.3 is 5.97 Å². The molecule has 1 aliphatic rings. The largest absolute Gasteiger partial charge is 0.480 e. The second-order valence-electron chi connectivity index (χ2n) is 4.80. The molecule has 7 N–H and O–H groups in total. The van der Waals surface area contributed by atoms with Crippen LogP contribution >= 0.6 is 0 Å². The molecule has 1 saturated heterocycles. The van der Waals surface area contributed by atoms with Gasteiger partial charge < -0.3 is 26.4 Å². The number of aliphatic hydroxyl groups excluding tert-OH is 2. The lowest BCUT2D eigenvalue weighted by Crippen LogP contribution is -2.55. The third-order valence-corrected chi connectivity index (χ3v) is 3.18. The molecule has 9 heteroatoms. The predicted molar refractivity (Wildman–Crippen MR) is 69.9 cm³/mol. The topological polar surface area (TPSA) is 157 Å². The molecule has 0 spiro atoms. The SMILES string of the molecule is CC1(C(O)CO)NC(=NCCCC(N)C(=O)O)NC1=O. The molecule has 3 unspecified atom stereocenters. The van der Waals surface area contributed by atoms with Crippen molar-refractivity contribution in [1.82, 2.24) is 10.6 Å². The Labute approximate surface area is 115 Å². The average Bonchev–Trinajstić information content (AvgIpc) is 2.69. The zero-order valence-corrected chi connectivity index (χ0v) is 11.2. The summed E-state index contributed by atoms with van der Waals surface area (Å²) in [7, 11) is 0. The van der Waals surface area contributed by atoms with Crippen LogP contribution in [0.1, 0.15) is 19.8 Å². The highest BCUT2D eigenvalue weighted by molar-refractivity contribution is 6.09. The summed E-state index contributed by atoms with van der Waals surface area (Å²) in [6.07, 6.45) is -0.527. The molecule has 1 aliphatic heterocycles. The number of hydrogen-bond acceptors (Lipinski definition) is 6. The number of aliphatic imine (C=N–C) groups is 1. The fourth-order valence-electron chi connectivity index (χ4n) is 1.69. The monoisotopic (exact) mass is 288 g/mol. The van der Waals surface area contributed by atoms with Gasteiger partial charge in [0.05, 0.1) is 6.61 Å². The number of guanidine groups is 1. The van der Waals surface area contributed by atoms with Gasteiger partial charge in [0.2, 0.25) is 0 Å². The Bertz CT molecular complexity index is 414. The number of nitrogens with two attached hydrogens (primary N) is 1. The van der Waals surface area contributed by atoms with E-state index in [4.69, 9.17) is 15.9 Å². The molecule has 1 heterocycles. The average molecular weight is 288 g/mol. The summed E-state index contributed by atoms with van der Waals surface area (Å²) < 4.78 is 0. The summed E-state index contributed by atoms with van der Waals surface area (Å²) in [4.78, 5) is 26.3. The lowest BCUT2D eigenvalue weighted by Gasteiger charge is -2.25. The fourth-order valence-corrected chi connectivity index (χ4v) is 1.69. The third-order valence-electron chi connectivity index (χ3n) is 3.18. The number of carboxylic acid groups (broad SMARTS) is 1. The summed E-state index contributed by atoms with van der Waals surface area (Å²) in [6.45, 7) is 1.18. The van der Waals surface area contributed by atoms with E-state index >= 15 is 0 Å². The van der Waals surface area contributed by atoms with E-state index in [-0.39, 0.29) is 18.9 Å². The molecule has 114 valence electrons. The molecule has 0 saturated carbocycles.